The number of hydrogen-bond acceptors (Lipinski definition) is 2. The lowest BCUT2D eigenvalue weighted by Crippen LogP contribution is -2.86. The Morgan fingerprint density at radius 3 is 2.39 bits per heavy atom. The minimum absolute atomic E-state index is 0.184. The summed E-state index contributed by atoms with van der Waals surface area (Å²) in [5, 5.41) is 14.4. The molecule has 0 amide bonds. The van der Waals surface area contributed by atoms with Gasteiger partial charge in [-0.1, -0.05) is 29.3 Å². The number of benzene rings is 2. The molecular weight excluding hydrogens is 467 g/mol. The molecule has 0 unspecified atom stereocenters. The van der Waals surface area contributed by atoms with Gasteiger partial charge in [-0.2, -0.15) is 0 Å². The van der Waals surface area contributed by atoms with Crippen LogP contribution in [-0.4, -0.2) is 23.3 Å². The number of quaternary nitrogens is 1. The average molecular weight is 488 g/mol. The van der Waals surface area contributed by atoms with Crippen LogP contribution in [-0.2, 0) is 0 Å². The van der Waals surface area contributed by atoms with Crippen molar-refractivity contribution in [3.8, 4) is 22.4 Å². The van der Waals surface area contributed by atoms with E-state index in [1.807, 2.05) is 6.07 Å². The predicted octanol–water partition coefficient (Wildman–Crippen LogP) is 5.12. The molecule has 5 rings (SSSR count). The molecular formula is C25H21Cl2F2N3O+2. The van der Waals surface area contributed by atoms with Crippen molar-refractivity contribution in [3.05, 3.63) is 82.1 Å². The number of halogens is 4. The molecule has 0 saturated carbocycles. The van der Waals surface area contributed by atoms with Crippen molar-refractivity contribution in [2.75, 3.05) is 13.1 Å². The van der Waals surface area contributed by atoms with E-state index in [4.69, 9.17) is 28.2 Å². The van der Waals surface area contributed by atoms with Gasteiger partial charge in [0.15, 0.2) is 0 Å². The minimum atomic E-state index is -0.663. The zero-order valence-electron chi connectivity index (χ0n) is 17.5. The molecule has 2 aromatic carbocycles. The van der Waals surface area contributed by atoms with Gasteiger partial charge in [-0.3, -0.25) is 5.21 Å². The van der Waals surface area contributed by atoms with E-state index >= 15 is 0 Å². The van der Waals surface area contributed by atoms with Crippen molar-refractivity contribution in [3.63, 3.8) is 0 Å². The summed E-state index contributed by atoms with van der Waals surface area (Å²) in [7, 11) is 0. The highest BCUT2D eigenvalue weighted by atomic mass is 35.5. The molecule has 3 heterocycles. The normalized spacial score (nSPS) is 14.7. The summed E-state index contributed by atoms with van der Waals surface area (Å²) in [6.45, 7) is 1.95. The van der Waals surface area contributed by atoms with Gasteiger partial charge in [0.25, 0.3) is 5.69 Å². The van der Waals surface area contributed by atoms with Crippen LogP contribution in [0.2, 0.25) is 10.0 Å². The molecule has 168 valence electrons. The van der Waals surface area contributed by atoms with Crippen molar-refractivity contribution < 1.29 is 24.0 Å². The second-order valence-corrected chi connectivity index (χ2v) is 9.04. The second-order valence-electron chi connectivity index (χ2n) is 8.23. The maximum absolute atomic E-state index is 14.9. The van der Waals surface area contributed by atoms with Crippen LogP contribution in [0.15, 0.2) is 54.7 Å². The minimum Gasteiger partial charge on any atom is -0.346 e. The van der Waals surface area contributed by atoms with E-state index in [2.05, 4.69) is 5.32 Å². The summed E-state index contributed by atoms with van der Waals surface area (Å²) in [5.41, 5.74) is 2.83. The molecule has 1 aliphatic rings. The SMILES string of the molecule is O[n+]1ccc2c(-c3ccc(F)cc3F)cc(C3CC[NH2+]CC3)nc2c1-c1c(Cl)cccc1Cl. The first kappa shape index (κ1) is 22.0. The van der Waals surface area contributed by atoms with Crippen molar-refractivity contribution in [2.45, 2.75) is 18.8 Å². The first-order chi connectivity index (χ1) is 15.9. The van der Waals surface area contributed by atoms with E-state index in [0.717, 1.165) is 42.4 Å². The van der Waals surface area contributed by atoms with Crippen LogP contribution in [0.3, 0.4) is 0 Å². The van der Waals surface area contributed by atoms with Crippen molar-refractivity contribution in [1.82, 2.24) is 4.98 Å². The molecule has 0 spiro atoms. The summed E-state index contributed by atoms with van der Waals surface area (Å²) >= 11 is 13.0. The highest BCUT2D eigenvalue weighted by Gasteiger charge is 2.29. The van der Waals surface area contributed by atoms with E-state index in [-0.39, 0.29) is 11.5 Å². The lowest BCUT2D eigenvalue weighted by Gasteiger charge is -2.21. The van der Waals surface area contributed by atoms with Crippen LogP contribution >= 0.6 is 23.2 Å². The van der Waals surface area contributed by atoms with E-state index in [0.29, 0.717) is 37.8 Å². The van der Waals surface area contributed by atoms with Crippen LogP contribution < -0.4 is 10.0 Å². The number of nitrogens with two attached hydrogens (primary N) is 1. The molecule has 1 saturated heterocycles. The van der Waals surface area contributed by atoms with Gasteiger partial charge < -0.3 is 5.32 Å². The Morgan fingerprint density at radius 1 is 0.970 bits per heavy atom. The molecule has 1 fully saturated rings. The quantitative estimate of drug-likeness (QED) is 0.311. The number of hydrogen-bond donors (Lipinski definition) is 2. The van der Waals surface area contributed by atoms with Gasteiger partial charge in [0.1, 0.15) is 17.2 Å². The maximum Gasteiger partial charge on any atom is 0.293 e. The fourth-order valence-electron chi connectivity index (χ4n) is 4.57. The largest absolute Gasteiger partial charge is 0.346 e. The summed E-state index contributed by atoms with van der Waals surface area (Å²) < 4.78 is 29.5. The van der Waals surface area contributed by atoms with Gasteiger partial charge in [0, 0.05) is 52.3 Å². The third kappa shape index (κ3) is 4.03. The standard InChI is InChI=1S/C25H20Cl2F2N3O/c26-19-2-1-3-20(27)23(19)25-24-17(8-11-32(25)33)18(16-5-4-15(28)12-21(16)29)13-22(31-24)14-6-9-30-10-7-14/h1-5,8,11-14,30,33H,6-7,9-10H2/q+1/p+1. The summed E-state index contributed by atoms with van der Waals surface area (Å²) in [6, 6.07) is 12.2. The lowest BCUT2D eigenvalue weighted by atomic mass is 9.90. The van der Waals surface area contributed by atoms with Crippen molar-refractivity contribution in [1.29, 1.82) is 0 Å². The van der Waals surface area contributed by atoms with Crippen LogP contribution in [0, 0.1) is 11.6 Å². The Morgan fingerprint density at radius 2 is 1.70 bits per heavy atom. The number of aromatic nitrogens is 2. The summed E-state index contributed by atoms with van der Waals surface area (Å²) in [4.78, 5) is 4.94. The van der Waals surface area contributed by atoms with E-state index in [1.165, 1.54) is 18.3 Å². The van der Waals surface area contributed by atoms with E-state index < -0.39 is 11.6 Å². The molecule has 33 heavy (non-hydrogen) atoms. The van der Waals surface area contributed by atoms with Gasteiger partial charge in [0.2, 0.25) is 6.20 Å². The Kier molecular flexibility index (Phi) is 5.91. The van der Waals surface area contributed by atoms with Crippen LogP contribution in [0.25, 0.3) is 33.3 Å². The number of pyridine rings is 2. The predicted molar refractivity (Wildman–Crippen MR) is 124 cm³/mol. The molecule has 2 aromatic heterocycles. The molecule has 0 atom stereocenters. The fourth-order valence-corrected chi connectivity index (χ4v) is 5.15. The maximum atomic E-state index is 14.9. The Labute approximate surface area is 199 Å². The van der Waals surface area contributed by atoms with Gasteiger partial charge in [-0.05, 0) is 35.9 Å². The van der Waals surface area contributed by atoms with Crippen LogP contribution in [0.1, 0.15) is 24.5 Å². The van der Waals surface area contributed by atoms with Gasteiger partial charge >= 0.3 is 0 Å². The first-order valence-electron chi connectivity index (χ1n) is 10.7. The summed E-state index contributed by atoms with van der Waals surface area (Å²) in [6.07, 6.45) is 3.30. The lowest BCUT2D eigenvalue weighted by molar-refractivity contribution is -0.895. The third-order valence-corrected chi connectivity index (χ3v) is 6.82. The Hall–Kier alpha value is -2.80. The van der Waals surface area contributed by atoms with Gasteiger partial charge in [0.05, 0.1) is 28.7 Å². The molecule has 4 nitrogen and oxygen atoms in total. The smallest absolute Gasteiger partial charge is 0.293 e. The molecule has 0 bridgehead atoms. The molecule has 8 heteroatoms. The summed E-state index contributed by atoms with van der Waals surface area (Å²) in [5.74, 6) is -1.12. The molecule has 0 aliphatic carbocycles. The van der Waals surface area contributed by atoms with E-state index in [1.54, 1.807) is 24.3 Å². The fraction of sp³-hybridized carbons (Fsp3) is 0.200. The highest BCUT2D eigenvalue weighted by molar-refractivity contribution is 6.39. The average Bonchev–Trinajstić information content (AvgIpc) is 2.80. The van der Waals surface area contributed by atoms with E-state index in [9.17, 15) is 14.0 Å². The molecule has 4 aromatic rings. The third-order valence-electron chi connectivity index (χ3n) is 6.19. The van der Waals surface area contributed by atoms with Crippen molar-refractivity contribution >= 4 is 34.1 Å². The number of rotatable bonds is 3. The molecule has 3 N–H and O–H groups in total. The monoisotopic (exact) mass is 487 g/mol. The molecule has 0 radical (unpaired) electrons. The van der Waals surface area contributed by atoms with Gasteiger partial charge in [-0.25, -0.2) is 13.8 Å². The number of fused-ring (bicyclic) bond motifs is 1. The topological polar surface area (TPSA) is 53.6 Å². The van der Waals surface area contributed by atoms with Gasteiger partial charge in [-0.15, -0.1) is 0 Å². The zero-order chi connectivity index (χ0) is 23.1. The number of nitrogens with zero attached hydrogens (tertiary/aromatic N) is 2. The Bertz CT molecular complexity index is 1350. The first-order valence-corrected chi connectivity index (χ1v) is 11.5. The Balaban J connectivity index is 1.87. The van der Waals surface area contributed by atoms with Crippen LogP contribution in [0.5, 0.6) is 0 Å². The van der Waals surface area contributed by atoms with Crippen LogP contribution in [0.4, 0.5) is 8.78 Å². The molecule has 1 aliphatic heterocycles. The second kappa shape index (κ2) is 8.86. The van der Waals surface area contributed by atoms with Crippen molar-refractivity contribution in [2.24, 2.45) is 0 Å². The zero-order valence-corrected chi connectivity index (χ0v) is 19.0. The number of piperidine rings is 1. The highest BCUT2D eigenvalue weighted by Crippen LogP contribution is 2.40.